The lowest BCUT2D eigenvalue weighted by atomic mass is 9.90. The molecule has 0 fully saturated rings. The van der Waals surface area contributed by atoms with E-state index in [0.29, 0.717) is 18.0 Å². The van der Waals surface area contributed by atoms with Crippen LogP contribution in [0.15, 0.2) is 23.7 Å². The highest BCUT2D eigenvalue weighted by molar-refractivity contribution is 7.09. The first-order chi connectivity index (χ1) is 11.7. The number of methoxy groups -OCH3 is 2. The topological polar surface area (TPSA) is 60.5 Å². The molecule has 1 N–H and O–H groups in total. The van der Waals surface area contributed by atoms with Crippen molar-refractivity contribution >= 4 is 17.2 Å². The van der Waals surface area contributed by atoms with Gasteiger partial charge in [-0.3, -0.25) is 4.79 Å². The first-order valence-electron chi connectivity index (χ1n) is 8.11. The van der Waals surface area contributed by atoms with E-state index in [0.717, 1.165) is 31.2 Å². The lowest BCUT2D eigenvalue weighted by molar-refractivity contribution is -0.125. The molecule has 1 aromatic heterocycles. The summed E-state index contributed by atoms with van der Waals surface area (Å²) in [5.74, 6) is 1.65. The van der Waals surface area contributed by atoms with E-state index in [1.807, 2.05) is 23.7 Å². The molecule has 1 unspecified atom stereocenters. The molecule has 1 amide bonds. The van der Waals surface area contributed by atoms with Gasteiger partial charge in [-0.1, -0.05) is 6.07 Å². The minimum absolute atomic E-state index is 0.0725. The predicted octanol–water partition coefficient (Wildman–Crippen LogP) is 2.62. The number of nitrogens with zero attached hydrogens (tertiary/aromatic N) is 1. The van der Waals surface area contributed by atoms with Gasteiger partial charge in [0.1, 0.15) is 0 Å². The van der Waals surface area contributed by atoms with Crippen LogP contribution in [0.3, 0.4) is 0 Å². The summed E-state index contributed by atoms with van der Waals surface area (Å²) in [4.78, 5) is 18.0. The molecule has 3 rings (SSSR count). The number of nitrogens with one attached hydrogen (secondary N) is 1. The zero-order valence-electron chi connectivity index (χ0n) is 14.0. The summed E-state index contributed by atoms with van der Waals surface area (Å²) >= 11 is 1.66. The van der Waals surface area contributed by atoms with Gasteiger partial charge < -0.3 is 14.8 Å². The number of fused-ring (bicyclic) bond motifs is 1. The maximum absolute atomic E-state index is 12.4. The number of hydrogen-bond acceptors (Lipinski definition) is 5. The van der Waals surface area contributed by atoms with Crippen LogP contribution in [0.1, 0.15) is 22.6 Å². The van der Waals surface area contributed by atoms with Crippen molar-refractivity contribution in [1.82, 2.24) is 10.3 Å². The third-order valence-corrected chi connectivity index (χ3v) is 5.32. The van der Waals surface area contributed by atoms with Crippen molar-refractivity contribution in [1.29, 1.82) is 0 Å². The molecule has 5 nitrogen and oxygen atoms in total. The molecule has 24 heavy (non-hydrogen) atoms. The van der Waals surface area contributed by atoms with Gasteiger partial charge in [0, 0.05) is 17.3 Å². The quantitative estimate of drug-likeness (QED) is 0.873. The van der Waals surface area contributed by atoms with E-state index in [4.69, 9.17) is 9.47 Å². The number of aromatic nitrogens is 1. The number of amides is 1. The van der Waals surface area contributed by atoms with Crippen LogP contribution in [0.25, 0.3) is 0 Å². The average Bonchev–Trinajstić information content (AvgIpc) is 3.09. The second kappa shape index (κ2) is 7.66. The molecule has 2 aromatic rings. The Hall–Kier alpha value is -2.08. The molecule has 0 aliphatic heterocycles. The van der Waals surface area contributed by atoms with Gasteiger partial charge in [-0.25, -0.2) is 4.98 Å². The van der Waals surface area contributed by atoms with Crippen LogP contribution in [0.2, 0.25) is 0 Å². The average molecular weight is 346 g/mol. The summed E-state index contributed by atoms with van der Waals surface area (Å²) in [6.07, 6.45) is 3.39. The van der Waals surface area contributed by atoms with Gasteiger partial charge in [-0.2, -0.15) is 0 Å². The molecular formula is C18H22N2O3S. The standard InChI is InChI=1S/C18H22N2O3S/c1-22-15-6-3-12(9-16(15)23-2)7-8-19-18(21)13-4-5-14-17(10-13)24-11-20-14/h3,6,9,11,13H,4-5,7-8,10H2,1-2H3,(H,19,21). The first-order valence-corrected chi connectivity index (χ1v) is 8.99. The molecule has 0 saturated heterocycles. The molecule has 0 spiro atoms. The van der Waals surface area contributed by atoms with Crippen LogP contribution in [0.4, 0.5) is 0 Å². The predicted molar refractivity (Wildman–Crippen MR) is 93.9 cm³/mol. The zero-order valence-corrected chi connectivity index (χ0v) is 14.8. The summed E-state index contributed by atoms with van der Waals surface area (Å²) < 4.78 is 10.5. The van der Waals surface area contributed by atoms with E-state index in [9.17, 15) is 4.79 Å². The molecule has 1 aliphatic rings. The van der Waals surface area contributed by atoms with Gasteiger partial charge in [0.25, 0.3) is 0 Å². The van der Waals surface area contributed by atoms with Gasteiger partial charge in [0.05, 0.1) is 25.4 Å². The van der Waals surface area contributed by atoms with Crippen molar-refractivity contribution < 1.29 is 14.3 Å². The van der Waals surface area contributed by atoms with Crippen LogP contribution in [0, 0.1) is 5.92 Å². The van der Waals surface area contributed by atoms with E-state index >= 15 is 0 Å². The van der Waals surface area contributed by atoms with Crippen molar-refractivity contribution in [2.75, 3.05) is 20.8 Å². The summed E-state index contributed by atoms with van der Waals surface area (Å²) in [5.41, 5.74) is 4.16. The summed E-state index contributed by atoms with van der Waals surface area (Å²) in [6, 6.07) is 5.84. The highest BCUT2D eigenvalue weighted by atomic mass is 32.1. The van der Waals surface area contributed by atoms with E-state index in [2.05, 4.69) is 10.3 Å². The molecule has 0 saturated carbocycles. The smallest absolute Gasteiger partial charge is 0.223 e. The van der Waals surface area contributed by atoms with Crippen molar-refractivity contribution in [3.05, 3.63) is 39.8 Å². The fourth-order valence-electron chi connectivity index (χ4n) is 3.03. The van der Waals surface area contributed by atoms with E-state index < -0.39 is 0 Å². The molecule has 1 aromatic carbocycles. The maximum atomic E-state index is 12.4. The number of carbonyl (C=O) groups excluding carboxylic acids is 1. The molecular weight excluding hydrogens is 324 g/mol. The fraction of sp³-hybridized carbons (Fsp3) is 0.444. The monoisotopic (exact) mass is 346 g/mol. The van der Waals surface area contributed by atoms with E-state index in [-0.39, 0.29) is 11.8 Å². The highest BCUT2D eigenvalue weighted by Crippen LogP contribution is 2.28. The van der Waals surface area contributed by atoms with Crippen LogP contribution in [-0.2, 0) is 24.1 Å². The van der Waals surface area contributed by atoms with Crippen molar-refractivity contribution in [2.24, 2.45) is 5.92 Å². The Morgan fingerprint density at radius 3 is 2.96 bits per heavy atom. The van der Waals surface area contributed by atoms with Crippen molar-refractivity contribution in [3.63, 3.8) is 0 Å². The van der Waals surface area contributed by atoms with Gasteiger partial charge in [-0.15, -0.1) is 11.3 Å². The third kappa shape index (κ3) is 3.70. The Balaban J connectivity index is 1.50. The van der Waals surface area contributed by atoms with E-state index in [1.165, 1.54) is 10.6 Å². The van der Waals surface area contributed by atoms with Crippen LogP contribution >= 0.6 is 11.3 Å². The lowest BCUT2D eigenvalue weighted by Crippen LogP contribution is -2.35. The molecule has 1 atom stereocenters. The molecule has 6 heteroatoms. The Morgan fingerprint density at radius 1 is 1.33 bits per heavy atom. The van der Waals surface area contributed by atoms with Gasteiger partial charge in [-0.05, 0) is 43.4 Å². The Kier molecular flexibility index (Phi) is 5.35. The number of aryl methyl sites for hydroxylation is 1. The summed E-state index contributed by atoms with van der Waals surface area (Å²) in [7, 11) is 3.25. The first kappa shape index (κ1) is 16.8. The van der Waals surface area contributed by atoms with Gasteiger partial charge in [0.2, 0.25) is 5.91 Å². The Morgan fingerprint density at radius 2 is 2.17 bits per heavy atom. The van der Waals surface area contributed by atoms with Crippen LogP contribution < -0.4 is 14.8 Å². The SMILES string of the molecule is COc1ccc(CCNC(=O)C2CCc3ncsc3C2)cc1OC. The number of benzene rings is 1. The van der Waals surface area contributed by atoms with Crippen LogP contribution in [-0.4, -0.2) is 31.7 Å². The van der Waals surface area contributed by atoms with E-state index in [1.54, 1.807) is 25.6 Å². The molecule has 1 aliphatic carbocycles. The number of thiazole rings is 1. The van der Waals surface area contributed by atoms with Gasteiger partial charge >= 0.3 is 0 Å². The second-order valence-corrected chi connectivity index (χ2v) is 6.83. The molecule has 0 radical (unpaired) electrons. The normalized spacial score (nSPS) is 16.3. The summed E-state index contributed by atoms with van der Waals surface area (Å²) in [5, 5.41) is 3.06. The fourth-order valence-corrected chi connectivity index (χ4v) is 3.93. The van der Waals surface area contributed by atoms with Crippen LogP contribution in [0.5, 0.6) is 11.5 Å². The number of rotatable bonds is 6. The molecule has 1 heterocycles. The van der Waals surface area contributed by atoms with Crippen molar-refractivity contribution in [2.45, 2.75) is 25.7 Å². The maximum Gasteiger partial charge on any atom is 0.223 e. The minimum Gasteiger partial charge on any atom is -0.493 e. The molecule has 0 bridgehead atoms. The largest absolute Gasteiger partial charge is 0.493 e. The minimum atomic E-state index is 0.0725. The third-order valence-electron chi connectivity index (χ3n) is 4.42. The van der Waals surface area contributed by atoms with Gasteiger partial charge in [0.15, 0.2) is 11.5 Å². The Labute approximate surface area is 146 Å². The highest BCUT2D eigenvalue weighted by Gasteiger charge is 2.25. The number of carbonyl (C=O) groups is 1. The van der Waals surface area contributed by atoms with Crippen molar-refractivity contribution in [3.8, 4) is 11.5 Å². The molecule has 128 valence electrons. The summed E-state index contributed by atoms with van der Waals surface area (Å²) in [6.45, 7) is 0.625. The lowest BCUT2D eigenvalue weighted by Gasteiger charge is -2.20. The zero-order chi connectivity index (χ0) is 16.9. The Bertz CT molecular complexity index is 714. The second-order valence-electron chi connectivity index (χ2n) is 5.89. The number of hydrogen-bond donors (Lipinski definition) is 1. The number of ether oxygens (including phenoxy) is 2.